The molecule has 0 unspecified atom stereocenters. The van der Waals surface area contributed by atoms with Gasteiger partial charge in [0.2, 0.25) is 0 Å². The minimum absolute atomic E-state index is 0.00607. The predicted molar refractivity (Wildman–Crippen MR) is 98.1 cm³/mol. The topological polar surface area (TPSA) is 26.3 Å². The molecular formula is C19H17ClO2S. The van der Waals surface area contributed by atoms with E-state index in [0.717, 1.165) is 33.4 Å². The summed E-state index contributed by atoms with van der Waals surface area (Å²) in [5.74, 6) is 0.796. The molecule has 3 aromatic rings. The maximum absolute atomic E-state index is 12.8. The van der Waals surface area contributed by atoms with Gasteiger partial charge in [0.25, 0.3) is 0 Å². The van der Waals surface area contributed by atoms with E-state index in [1.807, 2.05) is 30.3 Å². The van der Waals surface area contributed by atoms with Crippen molar-refractivity contribution in [1.82, 2.24) is 0 Å². The molecule has 0 bridgehead atoms. The van der Waals surface area contributed by atoms with Crippen LogP contribution in [0.1, 0.15) is 32.1 Å². The van der Waals surface area contributed by atoms with Gasteiger partial charge in [-0.2, -0.15) is 0 Å². The van der Waals surface area contributed by atoms with E-state index in [4.69, 9.17) is 16.3 Å². The highest BCUT2D eigenvalue weighted by Crippen LogP contribution is 2.37. The largest absolute Gasteiger partial charge is 0.489 e. The number of hydrogen-bond acceptors (Lipinski definition) is 3. The summed E-state index contributed by atoms with van der Waals surface area (Å²) in [5, 5.41) is 1.81. The molecule has 0 radical (unpaired) electrons. The maximum atomic E-state index is 12.8. The van der Waals surface area contributed by atoms with Crippen molar-refractivity contribution in [2.24, 2.45) is 0 Å². The first-order valence-corrected chi connectivity index (χ1v) is 9.24. The van der Waals surface area contributed by atoms with Gasteiger partial charge in [-0.05, 0) is 49.9 Å². The number of hydrogen-bond donors (Lipinski definition) is 0. The van der Waals surface area contributed by atoms with Crippen LogP contribution < -0.4 is 10.2 Å². The van der Waals surface area contributed by atoms with Gasteiger partial charge in [0, 0.05) is 10.1 Å². The summed E-state index contributed by atoms with van der Waals surface area (Å²) in [6.07, 6.45) is 6.16. The lowest BCUT2D eigenvalue weighted by molar-refractivity contribution is 0.157. The monoisotopic (exact) mass is 344 g/mol. The van der Waals surface area contributed by atoms with Crippen LogP contribution in [0.4, 0.5) is 0 Å². The normalized spacial score (nSPS) is 16.0. The van der Waals surface area contributed by atoms with Gasteiger partial charge in [0.05, 0.1) is 21.2 Å². The third kappa shape index (κ3) is 2.73. The SMILES string of the molecule is O=c1c2ccccc2sc2c(OC3CCCCC3)ccc(Cl)c12. The van der Waals surface area contributed by atoms with Crippen LogP contribution >= 0.6 is 22.9 Å². The Balaban J connectivity index is 1.91. The van der Waals surface area contributed by atoms with Crippen molar-refractivity contribution in [3.05, 3.63) is 51.6 Å². The molecule has 1 saturated carbocycles. The minimum Gasteiger partial charge on any atom is -0.489 e. The number of halogens is 1. The molecule has 0 spiro atoms. The third-order valence-electron chi connectivity index (χ3n) is 4.49. The van der Waals surface area contributed by atoms with Gasteiger partial charge in [-0.1, -0.05) is 30.2 Å². The molecule has 0 amide bonds. The molecule has 1 heterocycles. The second kappa shape index (κ2) is 6.14. The van der Waals surface area contributed by atoms with E-state index >= 15 is 0 Å². The van der Waals surface area contributed by atoms with Crippen molar-refractivity contribution in [2.75, 3.05) is 0 Å². The van der Waals surface area contributed by atoms with Crippen molar-refractivity contribution in [3.8, 4) is 5.75 Å². The lowest BCUT2D eigenvalue weighted by atomic mass is 9.98. The van der Waals surface area contributed by atoms with Crippen LogP contribution in [0.5, 0.6) is 5.75 Å². The first-order valence-electron chi connectivity index (χ1n) is 8.05. The molecule has 118 valence electrons. The smallest absolute Gasteiger partial charge is 0.197 e. The van der Waals surface area contributed by atoms with Crippen LogP contribution in [-0.2, 0) is 0 Å². The van der Waals surface area contributed by atoms with Crippen molar-refractivity contribution in [1.29, 1.82) is 0 Å². The summed E-state index contributed by atoms with van der Waals surface area (Å²) >= 11 is 7.91. The average Bonchev–Trinajstić information content (AvgIpc) is 2.58. The Morgan fingerprint density at radius 2 is 1.83 bits per heavy atom. The van der Waals surface area contributed by atoms with Gasteiger partial charge in [-0.15, -0.1) is 11.3 Å². The fourth-order valence-corrected chi connectivity index (χ4v) is 4.75. The van der Waals surface area contributed by atoms with Crippen LogP contribution in [0.2, 0.25) is 5.02 Å². The highest BCUT2D eigenvalue weighted by Gasteiger charge is 2.18. The standard InChI is InChI=1S/C19H17ClO2S/c20-14-10-11-15(22-12-6-2-1-3-7-12)19-17(14)18(21)13-8-4-5-9-16(13)23-19/h4-5,8-12H,1-3,6-7H2. The molecule has 1 aromatic heterocycles. The Labute approximate surface area is 143 Å². The fourth-order valence-electron chi connectivity index (χ4n) is 3.30. The third-order valence-corrected chi connectivity index (χ3v) is 5.99. The van der Waals surface area contributed by atoms with E-state index in [2.05, 4.69) is 0 Å². The zero-order chi connectivity index (χ0) is 15.8. The van der Waals surface area contributed by atoms with E-state index in [-0.39, 0.29) is 11.5 Å². The van der Waals surface area contributed by atoms with Crippen LogP contribution in [0, 0.1) is 0 Å². The zero-order valence-corrected chi connectivity index (χ0v) is 14.3. The molecule has 2 nitrogen and oxygen atoms in total. The molecule has 1 fully saturated rings. The maximum Gasteiger partial charge on any atom is 0.197 e. The molecule has 4 rings (SSSR count). The van der Waals surface area contributed by atoms with Crippen molar-refractivity contribution < 1.29 is 4.74 Å². The molecular weight excluding hydrogens is 328 g/mol. The molecule has 0 saturated heterocycles. The summed E-state index contributed by atoms with van der Waals surface area (Å²) < 4.78 is 8.08. The van der Waals surface area contributed by atoms with Gasteiger partial charge in [-0.25, -0.2) is 0 Å². The summed E-state index contributed by atoms with van der Waals surface area (Å²) in [6, 6.07) is 11.4. The van der Waals surface area contributed by atoms with E-state index in [0.29, 0.717) is 10.4 Å². The second-order valence-corrected chi connectivity index (χ2v) is 7.51. The lowest BCUT2D eigenvalue weighted by Crippen LogP contribution is -2.19. The van der Waals surface area contributed by atoms with Gasteiger partial charge in [-0.3, -0.25) is 4.79 Å². The average molecular weight is 345 g/mol. The summed E-state index contributed by atoms with van der Waals surface area (Å²) in [5.41, 5.74) is -0.00607. The predicted octanol–water partition coefficient (Wildman–Crippen LogP) is 5.78. The highest BCUT2D eigenvalue weighted by molar-refractivity contribution is 7.25. The number of ether oxygens (including phenoxy) is 1. The second-order valence-electron chi connectivity index (χ2n) is 6.05. The van der Waals surface area contributed by atoms with Crippen LogP contribution in [-0.4, -0.2) is 6.10 Å². The Morgan fingerprint density at radius 1 is 1.04 bits per heavy atom. The first kappa shape index (κ1) is 15.0. The summed E-state index contributed by atoms with van der Waals surface area (Å²) in [6.45, 7) is 0. The van der Waals surface area contributed by atoms with Crippen LogP contribution in [0.15, 0.2) is 41.2 Å². The Kier molecular flexibility index (Phi) is 4.00. The molecule has 0 aliphatic heterocycles. The van der Waals surface area contributed by atoms with Gasteiger partial charge in [0.1, 0.15) is 5.75 Å². The van der Waals surface area contributed by atoms with Gasteiger partial charge < -0.3 is 4.74 Å². The number of benzene rings is 2. The molecule has 1 aliphatic rings. The molecule has 1 aliphatic carbocycles. The van der Waals surface area contributed by atoms with Crippen LogP contribution in [0.25, 0.3) is 20.2 Å². The van der Waals surface area contributed by atoms with Crippen molar-refractivity contribution in [3.63, 3.8) is 0 Å². The summed E-state index contributed by atoms with van der Waals surface area (Å²) in [4.78, 5) is 12.8. The molecule has 2 aromatic carbocycles. The zero-order valence-electron chi connectivity index (χ0n) is 12.7. The lowest BCUT2D eigenvalue weighted by Gasteiger charge is -2.23. The van der Waals surface area contributed by atoms with Crippen LogP contribution in [0.3, 0.4) is 0 Å². The minimum atomic E-state index is -0.00607. The van der Waals surface area contributed by atoms with Gasteiger partial charge in [0.15, 0.2) is 5.43 Å². The Morgan fingerprint density at radius 3 is 2.65 bits per heavy atom. The molecule has 23 heavy (non-hydrogen) atoms. The van der Waals surface area contributed by atoms with Gasteiger partial charge >= 0.3 is 0 Å². The van der Waals surface area contributed by atoms with E-state index in [9.17, 15) is 4.79 Å². The van der Waals surface area contributed by atoms with Crippen molar-refractivity contribution in [2.45, 2.75) is 38.2 Å². The van der Waals surface area contributed by atoms with E-state index < -0.39 is 0 Å². The fraction of sp³-hybridized carbons (Fsp3) is 0.316. The number of rotatable bonds is 2. The summed E-state index contributed by atoms with van der Waals surface area (Å²) in [7, 11) is 0. The quantitative estimate of drug-likeness (QED) is 0.551. The van der Waals surface area contributed by atoms with E-state index in [1.54, 1.807) is 17.4 Å². The van der Waals surface area contributed by atoms with E-state index in [1.165, 1.54) is 19.3 Å². The molecule has 4 heteroatoms. The Hall–Kier alpha value is -1.58. The number of fused-ring (bicyclic) bond motifs is 2. The molecule has 0 N–H and O–H groups in total. The first-order chi connectivity index (χ1) is 11.2. The Bertz CT molecular complexity index is 926. The highest BCUT2D eigenvalue weighted by atomic mass is 35.5. The molecule has 0 atom stereocenters. The van der Waals surface area contributed by atoms with Crippen molar-refractivity contribution >= 4 is 43.1 Å².